The van der Waals surface area contributed by atoms with Crippen LogP contribution in [0.1, 0.15) is 31.2 Å². The number of methoxy groups -OCH3 is 1. The molecular formula is C21H25N3O4S. The highest BCUT2D eigenvalue weighted by molar-refractivity contribution is 7.89. The third-order valence-corrected chi connectivity index (χ3v) is 6.54. The first-order valence-corrected chi connectivity index (χ1v) is 11.0. The molecule has 154 valence electrons. The van der Waals surface area contributed by atoms with Crippen LogP contribution >= 0.6 is 0 Å². The molecule has 1 amide bonds. The molecule has 1 saturated carbocycles. The summed E-state index contributed by atoms with van der Waals surface area (Å²) in [4.78, 5) is 12.5. The predicted octanol–water partition coefficient (Wildman–Crippen LogP) is 2.93. The highest BCUT2D eigenvalue weighted by Gasteiger charge is 2.27. The first-order chi connectivity index (χ1) is 14.0. The zero-order chi connectivity index (χ0) is 20.7. The van der Waals surface area contributed by atoms with E-state index in [9.17, 15) is 13.2 Å². The summed E-state index contributed by atoms with van der Waals surface area (Å²) in [6.45, 7) is -0.237. The van der Waals surface area contributed by atoms with Crippen LogP contribution in [0.25, 0.3) is 0 Å². The number of rotatable bonds is 8. The summed E-state index contributed by atoms with van der Waals surface area (Å²) < 4.78 is 32.7. The van der Waals surface area contributed by atoms with Crippen LogP contribution in [0.15, 0.2) is 64.6 Å². The summed E-state index contributed by atoms with van der Waals surface area (Å²) in [6, 6.07) is 15.3. The minimum absolute atomic E-state index is 0.0825. The van der Waals surface area contributed by atoms with Crippen LogP contribution in [-0.2, 0) is 21.4 Å². The zero-order valence-corrected chi connectivity index (χ0v) is 17.2. The predicted molar refractivity (Wildman–Crippen MR) is 111 cm³/mol. The van der Waals surface area contributed by atoms with Gasteiger partial charge in [-0.15, -0.1) is 0 Å². The number of nitrogens with zero attached hydrogens (tertiary/aromatic N) is 2. The molecule has 2 aromatic carbocycles. The van der Waals surface area contributed by atoms with Gasteiger partial charge in [-0.3, -0.25) is 4.79 Å². The first-order valence-electron chi connectivity index (χ1n) is 9.51. The van der Waals surface area contributed by atoms with Gasteiger partial charge in [0.1, 0.15) is 5.75 Å². The van der Waals surface area contributed by atoms with Crippen molar-refractivity contribution in [3.8, 4) is 5.75 Å². The maximum Gasteiger partial charge on any atom is 0.255 e. The number of amides is 1. The van der Waals surface area contributed by atoms with Crippen molar-refractivity contribution >= 4 is 21.6 Å². The molecule has 1 fully saturated rings. The lowest BCUT2D eigenvalue weighted by molar-refractivity contribution is -0.121. The van der Waals surface area contributed by atoms with Gasteiger partial charge in [0.2, 0.25) is 10.0 Å². The monoisotopic (exact) mass is 415 g/mol. The Bertz CT molecular complexity index is 949. The molecule has 0 bridgehead atoms. The second kappa shape index (κ2) is 9.67. The van der Waals surface area contributed by atoms with Crippen molar-refractivity contribution in [2.75, 3.05) is 13.7 Å². The number of nitrogens with one attached hydrogen (secondary N) is 1. The number of benzene rings is 2. The van der Waals surface area contributed by atoms with Gasteiger partial charge in [0, 0.05) is 12.3 Å². The quantitative estimate of drug-likeness (QED) is 0.672. The van der Waals surface area contributed by atoms with Crippen LogP contribution < -0.4 is 10.2 Å². The van der Waals surface area contributed by atoms with E-state index >= 15 is 0 Å². The van der Waals surface area contributed by atoms with Crippen molar-refractivity contribution in [3.63, 3.8) is 0 Å². The number of carbonyl (C=O) groups is 1. The van der Waals surface area contributed by atoms with Gasteiger partial charge in [-0.25, -0.2) is 13.8 Å². The van der Waals surface area contributed by atoms with E-state index in [2.05, 4.69) is 10.5 Å². The van der Waals surface area contributed by atoms with Crippen molar-refractivity contribution in [2.45, 2.75) is 37.1 Å². The minimum atomic E-state index is -3.89. The topological polar surface area (TPSA) is 88.1 Å². The number of ether oxygens (including phenoxy) is 1. The Morgan fingerprint density at radius 2 is 1.72 bits per heavy atom. The van der Waals surface area contributed by atoms with Gasteiger partial charge < -0.3 is 4.74 Å². The Kier molecular flexibility index (Phi) is 7.00. The molecule has 8 heteroatoms. The SMILES string of the molecule is COc1ccc(S(=O)(=O)N(CC(=O)NN=C2CCCC2)Cc2ccccc2)cc1. The summed E-state index contributed by atoms with van der Waals surface area (Å²) >= 11 is 0. The fourth-order valence-corrected chi connectivity index (χ4v) is 4.53. The van der Waals surface area contributed by atoms with E-state index in [1.165, 1.54) is 19.2 Å². The van der Waals surface area contributed by atoms with E-state index in [4.69, 9.17) is 4.74 Å². The molecule has 0 aromatic heterocycles. The third-order valence-electron chi connectivity index (χ3n) is 4.74. The molecule has 0 atom stereocenters. The van der Waals surface area contributed by atoms with Gasteiger partial charge in [0.25, 0.3) is 5.91 Å². The van der Waals surface area contributed by atoms with Crippen molar-refractivity contribution in [1.29, 1.82) is 0 Å². The molecule has 0 unspecified atom stereocenters. The van der Waals surface area contributed by atoms with Gasteiger partial charge in [0.15, 0.2) is 0 Å². The molecule has 1 aliphatic carbocycles. The molecule has 0 heterocycles. The lowest BCUT2D eigenvalue weighted by Crippen LogP contribution is -2.39. The third kappa shape index (κ3) is 5.65. The summed E-state index contributed by atoms with van der Waals surface area (Å²) in [5.74, 6) is 0.0982. The van der Waals surface area contributed by atoms with Crippen LogP contribution in [0.4, 0.5) is 0 Å². The van der Waals surface area contributed by atoms with Crippen LogP contribution in [0.3, 0.4) is 0 Å². The molecule has 3 rings (SSSR count). The van der Waals surface area contributed by atoms with Crippen molar-refractivity contribution in [3.05, 3.63) is 60.2 Å². The van der Waals surface area contributed by atoms with E-state index in [1.54, 1.807) is 12.1 Å². The normalized spacial score (nSPS) is 14.1. The Morgan fingerprint density at radius 1 is 1.07 bits per heavy atom. The Labute approximate surface area is 171 Å². The van der Waals surface area contributed by atoms with Gasteiger partial charge in [-0.05, 0) is 55.5 Å². The summed E-state index contributed by atoms with van der Waals surface area (Å²) in [5, 5.41) is 4.14. The average Bonchev–Trinajstić information content (AvgIpc) is 3.26. The van der Waals surface area contributed by atoms with E-state index in [0.29, 0.717) is 5.75 Å². The summed E-state index contributed by atoms with van der Waals surface area (Å²) in [6.07, 6.45) is 3.89. The fraction of sp³-hybridized carbons (Fsp3) is 0.333. The van der Waals surface area contributed by atoms with Crippen LogP contribution in [0.5, 0.6) is 5.75 Å². The van der Waals surface area contributed by atoms with Crippen LogP contribution in [-0.4, -0.2) is 38.0 Å². The van der Waals surface area contributed by atoms with E-state index in [1.807, 2.05) is 30.3 Å². The first kappa shape index (κ1) is 21.0. The lowest BCUT2D eigenvalue weighted by atomic mass is 10.2. The van der Waals surface area contributed by atoms with Crippen molar-refractivity contribution in [1.82, 2.24) is 9.73 Å². The fourth-order valence-electron chi connectivity index (χ4n) is 3.14. The van der Waals surface area contributed by atoms with E-state index in [0.717, 1.165) is 41.3 Å². The maximum absolute atomic E-state index is 13.2. The molecule has 0 saturated heterocycles. The lowest BCUT2D eigenvalue weighted by Gasteiger charge is -2.21. The highest BCUT2D eigenvalue weighted by Crippen LogP contribution is 2.21. The smallest absolute Gasteiger partial charge is 0.255 e. The summed E-state index contributed by atoms with van der Waals surface area (Å²) in [5.41, 5.74) is 4.25. The standard InChI is InChI=1S/C21H25N3O4S/c1-28-19-11-13-20(14-12-19)29(26,27)24(15-17-7-3-2-4-8-17)16-21(25)23-22-18-9-5-6-10-18/h2-4,7-8,11-14H,5-6,9-10,15-16H2,1H3,(H,23,25). The molecule has 2 aromatic rings. The molecule has 1 N–H and O–H groups in total. The second-order valence-corrected chi connectivity index (χ2v) is 8.79. The molecule has 1 aliphatic rings. The minimum Gasteiger partial charge on any atom is -0.497 e. The Balaban J connectivity index is 1.81. The molecule has 0 aliphatic heterocycles. The summed E-state index contributed by atoms with van der Waals surface area (Å²) in [7, 11) is -2.37. The molecule has 0 spiro atoms. The Morgan fingerprint density at radius 3 is 2.34 bits per heavy atom. The highest BCUT2D eigenvalue weighted by atomic mass is 32.2. The van der Waals surface area contributed by atoms with Gasteiger partial charge in [-0.1, -0.05) is 30.3 Å². The van der Waals surface area contributed by atoms with Gasteiger partial charge in [-0.2, -0.15) is 9.41 Å². The number of hydrogen-bond acceptors (Lipinski definition) is 5. The van der Waals surface area contributed by atoms with Gasteiger partial charge >= 0.3 is 0 Å². The van der Waals surface area contributed by atoms with Crippen molar-refractivity contribution < 1.29 is 17.9 Å². The number of hydrazone groups is 1. The maximum atomic E-state index is 13.2. The largest absolute Gasteiger partial charge is 0.497 e. The van der Waals surface area contributed by atoms with Crippen molar-refractivity contribution in [2.24, 2.45) is 5.10 Å². The van der Waals surface area contributed by atoms with Crippen LogP contribution in [0.2, 0.25) is 0 Å². The molecular weight excluding hydrogens is 390 g/mol. The van der Waals surface area contributed by atoms with E-state index < -0.39 is 15.9 Å². The number of carbonyl (C=O) groups excluding carboxylic acids is 1. The number of sulfonamides is 1. The van der Waals surface area contributed by atoms with E-state index in [-0.39, 0.29) is 18.0 Å². The average molecular weight is 416 g/mol. The molecule has 0 radical (unpaired) electrons. The Hall–Kier alpha value is -2.71. The zero-order valence-electron chi connectivity index (χ0n) is 16.4. The van der Waals surface area contributed by atoms with Crippen LogP contribution in [0, 0.1) is 0 Å². The second-order valence-electron chi connectivity index (χ2n) is 6.85. The molecule has 7 nitrogen and oxygen atoms in total. The molecule has 29 heavy (non-hydrogen) atoms. The van der Waals surface area contributed by atoms with Gasteiger partial charge in [0.05, 0.1) is 18.6 Å². The number of hydrogen-bond donors (Lipinski definition) is 1.